The SMILES string of the molecule is COP(C)(=O)OCC(CO)CCCCNC(=O)C(CCCCNC(=O)CCC(=O)NCCOCCON)NC(=O)C(CCCCNC(=O)CCC(=O)NCCOCCON)NC(=O)CCC(=O)NCCOCCON. The quantitative estimate of drug-likeness (QED) is 0.0168. The number of nitrogens with two attached hydrogens (primary N) is 3. The van der Waals surface area contributed by atoms with Crippen LogP contribution in [0.25, 0.3) is 0 Å². The summed E-state index contributed by atoms with van der Waals surface area (Å²) in [5.41, 5.74) is 0. The lowest BCUT2D eigenvalue weighted by Crippen LogP contribution is -2.54. The van der Waals surface area contributed by atoms with Gasteiger partial charge in [-0.2, -0.15) is 0 Å². The zero-order valence-electron chi connectivity index (χ0n) is 43.9. The number of nitrogens with one attached hydrogen (secondary N) is 8. The maximum Gasteiger partial charge on any atom is 0.327 e. The zero-order valence-corrected chi connectivity index (χ0v) is 44.8. The van der Waals surface area contributed by atoms with Gasteiger partial charge >= 0.3 is 7.60 Å². The molecule has 0 aliphatic heterocycles. The molecular weight excluding hydrogens is 1010 g/mol. The largest absolute Gasteiger partial charge is 0.396 e. The van der Waals surface area contributed by atoms with Gasteiger partial charge in [0.2, 0.25) is 47.3 Å². The molecule has 0 spiro atoms. The molecule has 0 aromatic carbocycles. The Kier molecular flexibility index (Phi) is 45.1. The van der Waals surface area contributed by atoms with Gasteiger partial charge in [-0.3, -0.25) is 42.9 Å². The Balaban J connectivity index is 5.69. The average molecular weight is 1100 g/mol. The van der Waals surface area contributed by atoms with Gasteiger partial charge in [-0.15, -0.1) is 0 Å². The van der Waals surface area contributed by atoms with E-state index in [-0.39, 0.29) is 193 Å². The summed E-state index contributed by atoms with van der Waals surface area (Å²) in [6, 6.07) is -2.22. The Hall–Kier alpha value is -4.49. The first-order valence-electron chi connectivity index (χ1n) is 25.4. The van der Waals surface area contributed by atoms with Gasteiger partial charge in [0, 0.05) is 104 Å². The predicted octanol–water partition coefficient (Wildman–Crippen LogP) is -2.68. The molecule has 0 bridgehead atoms. The zero-order chi connectivity index (χ0) is 55.8. The van der Waals surface area contributed by atoms with Crippen molar-refractivity contribution >= 4 is 54.9 Å². The summed E-state index contributed by atoms with van der Waals surface area (Å²) in [6.45, 7) is 4.51. The predicted molar refractivity (Wildman–Crippen MR) is 271 cm³/mol. The van der Waals surface area contributed by atoms with Crippen molar-refractivity contribution in [1.82, 2.24) is 42.5 Å². The van der Waals surface area contributed by atoms with Crippen LogP contribution in [-0.4, -0.2) is 190 Å². The van der Waals surface area contributed by atoms with E-state index in [9.17, 15) is 48.0 Å². The number of amides is 8. The lowest BCUT2D eigenvalue weighted by molar-refractivity contribution is -0.133. The molecule has 4 unspecified atom stereocenters. The summed E-state index contributed by atoms with van der Waals surface area (Å²) in [5, 5.41) is 31.5. The van der Waals surface area contributed by atoms with Gasteiger partial charge in [0.15, 0.2) is 0 Å². The average Bonchev–Trinajstić information content (AvgIpc) is 3.39. The summed E-state index contributed by atoms with van der Waals surface area (Å²) >= 11 is 0. The molecule has 29 nitrogen and oxygen atoms in total. The van der Waals surface area contributed by atoms with Crippen LogP contribution in [0.1, 0.15) is 96.3 Å². The fourth-order valence-electron chi connectivity index (χ4n) is 6.43. The monoisotopic (exact) mass is 1100 g/mol. The lowest BCUT2D eigenvalue weighted by atomic mass is 10.0. The van der Waals surface area contributed by atoms with Gasteiger partial charge in [0.05, 0.1) is 66.1 Å². The Labute approximate surface area is 440 Å². The fourth-order valence-corrected chi connectivity index (χ4v) is 7.02. The van der Waals surface area contributed by atoms with Crippen LogP contribution in [0.4, 0.5) is 0 Å². The molecule has 4 atom stereocenters. The first kappa shape index (κ1) is 70.5. The molecule has 75 heavy (non-hydrogen) atoms. The van der Waals surface area contributed by atoms with Gasteiger partial charge in [-0.25, -0.2) is 17.7 Å². The third-order valence-electron chi connectivity index (χ3n) is 10.7. The fraction of sp³-hybridized carbons (Fsp3) is 0.822. The summed E-state index contributed by atoms with van der Waals surface area (Å²) in [5.74, 6) is 10.9. The van der Waals surface area contributed by atoms with E-state index in [1.54, 1.807) is 0 Å². The molecule has 0 aromatic rings. The van der Waals surface area contributed by atoms with Crippen LogP contribution in [-0.2, 0) is 80.7 Å². The molecule has 15 N–H and O–H groups in total. The highest BCUT2D eigenvalue weighted by Gasteiger charge is 2.27. The van der Waals surface area contributed by atoms with Crippen molar-refractivity contribution in [1.29, 1.82) is 0 Å². The molecular formula is C45H88N11O18P. The van der Waals surface area contributed by atoms with Crippen LogP contribution in [0.2, 0.25) is 0 Å². The van der Waals surface area contributed by atoms with Gasteiger partial charge in [0.1, 0.15) is 12.1 Å². The van der Waals surface area contributed by atoms with Crippen LogP contribution >= 0.6 is 7.60 Å². The van der Waals surface area contributed by atoms with Crippen LogP contribution in [0.3, 0.4) is 0 Å². The van der Waals surface area contributed by atoms with Crippen LogP contribution in [0, 0.1) is 5.92 Å². The number of unbranched alkanes of at least 4 members (excludes halogenated alkanes) is 3. The topological polar surface area (TPSA) is 422 Å². The van der Waals surface area contributed by atoms with E-state index in [2.05, 4.69) is 57.0 Å². The van der Waals surface area contributed by atoms with Crippen molar-refractivity contribution in [3.8, 4) is 0 Å². The maximum absolute atomic E-state index is 14.0. The molecule has 0 saturated heterocycles. The van der Waals surface area contributed by atoms with Crippen molar-refractivity contribution in [3.63, 3.8) is 0 Å². The molecule has 0 aliphatic rings. The van der Waals surface area contributed by atoms with E-state index >= 15 is 0 Å². The number of hydrogen-bond donors (Lipinski definition) is 12. The summed E-state index contributed by atoms with van der Waals surface area (Å²) in [7, 11) is -1.97. The minimum atomic E-state index is -3.24. The standard InChI is InChI=1S/C45H88N11O18P/c1-67-75(2,66)74-34-35(33-57)9-3-6-20-54-44(64)36(10-4-7-18-49-38(58)12-14-40(60)51-21-24-68-27-30-71-46)56-45(65)37(55-43(63)17-16-42(62)53-23-26-70-29-32-73-48)11-5-8-19-50-39(59)13-15-41(61)52-22-25-69-28-31-72-47/h35-37,57H,3-34,46-48H2,1-2H3,(H,49,58)(H,50,59)(H,51,60)(H,52,61)(H,53,62)(H,54,64)(H,55,63)(H,56,65). The van der Waals surface area contributed by atoms with Crippen LogP contribution < -0.4 is 60.2 Å². The molecule has 0 rings (SSSR count). The summed E-state index contributed by atoms with van der Waals surface area (Å²) in [6.07, 6.45) is 2.64. The minimum absolute atomic E-state index is 0.0178. The Morgan fingerprint density at radius 2 is 0.813 bits per heavy atom. The Morgan fingerprint density at radius 3 is 1.20 bits per heavy atom. The maximum atomic E-state index is 14.0. The van der Waals surface area contributed by atoms with E-state index in [0.29, 0.717) is 44.9 Å². The molecule has 8 amide bonds. The second-order valence-corrected chi connectivity index (χ2v) is 19.1. The highest BCUT2D eigenvalue weighted by Crippen LogP contribution is 2.43. The van der Waals surface area contributed by atoms with Gasteiger partial charge in [-0.05, 0) is 51.4 Å². The van der Waals surface area contributed by atoms with E-state index in [4.69, 9.17) is 40.9 Å². The van der Waals surface area contributed by atoms with Crippen LogP contribution in [0.5, 0.6) is 0 Å². The molecule has 0 aliphatic carbocycles. The van der Waals surface area contributed by atoms with Gasteiger partial charge in [0.25, 0.3) is 0 Å². The molecule has 30 heteroatoms. The Morgan fingerprint density at radius 1 is 0.453 bits per heavy atom. The van der Waals surface area contributed by atoms with E-state index in [0.717, 1.165) is 0 Å². The van der Waals surface area contributed by atoms with E-state index < -0.39 is 43.3 Å². The molecule has 436 valence electrons. The number of rotatable bonds is 51. The van der Waals surface area contributed by atoms with Gasteiger partial charge in [-0.1, -0.05) is 6.42 Å². The van der Waals surface area contributed by atoms with Gasteiger partial charge < -0.3 is 85.4 Å². The molecule has 0 fully saturated rings. The summed E-state index contributed by atoms with van der Waals surface area (Å²) < 4.78 is 38.0. The Bertz CT molecular complexity index is 1640. The highest BCUT2D eigenvalue weighted by molar-refractivity contribution is 7.52. The van der Waals surface area contributed by atoms with E-state index in [1.165, 1.54) is 13.8 Å². The number of carbonyl (C=O) groups excluding carboxylic acids is 8. The third-order valence-corrected chi connectivity index (χ3v) is 12.0. The molecule has 0 saturated carbocycles. The normalized spacial score (nSPS) is 13.1. The first-order valence-corrected chi connectivity index (χ1v) is 27.4. The second kappa shape index (κ2) is 47.9. The third kappa shape index (κ3) is 43.3. The summed E-state index contributed by atoms with van der Waals surface area (Å²) in [4.78, 5) is 116. The van der Waals surface area contributed by atoms with Crippen molar-refractivity contribution in [2.24, 2.45) is 23.6 Å². The number of ether oxygens (including phenoxy) is 3. The minimum Gasteiger partial charge on any atom is -0.396 e. The van der Waals surface area contributed by atoms with Crippen molar-refractivity contribution < 1.29 is 85.8 Å². The number of aliphatic hydroxyl groups is 1. The highest BCUT2D eigenvalue weighted by atomic mass is 31.2. The molecule has 0 radical (unpaired) electrons. The van der Waals surface area contributed by atoms with Crippen molar-refractivity contribution in [3.05, 3.63) is 0 Å². The molecule has 0 heterocycles. The number of carbonyl (C=O) groups is 8. The number of aliphatic hydroxyl groups excluding tert-OH is 1. The smallest absolute Gasteiger partial charge is 0.327 e. The first-order chi connectivity index (χ1) is 36.1. The van der Waals surface area contributed by atoms with Crippen LogP contribution in [0.15, 0.2) is 0 Å². The molecule has 0 aromatic heterocycles. The van der Waals surface area contributed by atoms with Crippen molar-refractivity contribution in [2.45, 2.75) is 108 Å². The number of hydrogen-bond acceptors (Lipinski definition) is 21. The lowest BCUT2D eigenvalue weighted by Gasteiger charge is -2.23. The van der Waals surface area contributed by atoms with E-state index in [1.807, 2.05) is 0 Å². The van der Waals surface area contributed by atoms with Crippen molar-refractivity contribution in [2.75, 3.05) is 126 Å². The second-order valence-electron chi connectivity index (χ2n) is 17.0.